The SMILES string of the molecule is CC(C)(C)OC(=O)N1CCC[C@H]1Cc1ccc(C(F)(F)F)cc1. The molecule has 1 aromatic rings. The van der Waals surface area contributed by atoms with Crippen LogP contribution >= 0.6 is 0 Å². The summed E-state index contributed by atoms with van der Waals surface area (Å²) in [5.41, 5.74) is -0.423. The van der Waals surface area contributed by atoms with E-state index in [2.05, 4.69) is 0 Å². The summed E-state index contributed by atoms with van der Waals surface area (Å²) < 4.78 is 43.1. The molecule has 0 spiro atoms. The Hall–Kier alpha value is -1.72. The van der Waals surface area contributed by atoms with Gasteiger partial charge in [-0.2, -0.15) is 13.2 Å². The van der Waals surface area contributed by atoms with Crippen molar-refractivity contribution in [2.24, 2.45) is 0 Å². The number of ether oxygens (including phenoxy) is 1. The van der Waals surface area contributed by atoms with Crippen molar-refractivity contribution < 1.29 is 22.7 Å². The topological polar surface area (TPSA) is 29.5 Å². The summed E-state index contributed by atoms with van der Waals surface area (Å²) in [6.45, 7) is 6.06. The molecule has 23 heavy (non-hydrogen) atoms. The molecule has 2 rings (SSSR count). The number of carbonyl (C=O) groups is 1. The van der Waals surface area contributed by atoms with Gasteiger partial charge in [0.2, 0.25) is 0 Å². The third-order valence-corrected chi connectivity index (χ3v) is 3.76. The van der Waals surface area contributed by atoms with E-state index in [0.717, 1.165) is 30.5 Å². The number of hydrogen-bond acceptors (Lipinski definition) is 2. The Labute approximate surface area is 134 Å². The van der Waals surface area contributed by atoms with Gasteiger partial charge in [0.1, 0.15) is 5.60 Å². The van der Waals surface area contributed by atoms with Crippen molar-refractivity contribution in [1.82, 2.24) is 4.90 Å². The average molecular weight is 329 g/mol. The molecule has 3 nitrogen and oxygen atoms in total. The Morgan fingerprint density at radius 1 is 1.22 bits per heavy atom. The molecule has 1 aliphatic rings. The van der Waals surface area contributed by atoms with Crippen LogP contribution < -0.4 is 0 Å². The van der Waals surface area contributed by atoms with E-state index in [1.807, 2.05) is 20.8 Å². The van der Waals surface area contributed by atoms with Gasteiger partial charge in [-0.05, 0) is 57.7 Å². The summed E-state index contributed by atoms with van der Waals surface area (Å²) in [7, 11) is 0. The lowest BCUT2D eigenvalue weighted by Crippen LogP contribution is -2.40. The predicted octanol–water partition coefficient (Wildman–Crippen LogP) is 4.65. The molecule has 1 aromatic carbocycles. The Kier molecular flexibility index (Phi) is 4.92. The fourth-order valence-electron chi connectivity index (χ4n) is 2.71. The molecule has 6 heteroatoms. The van der Waals surface area contributed by atoms with Crippen molar-refractivity contribution in [3.05, 3.63) is 35.4 Å². The number of benzene rings is 1. The molecule has 0 saturated carbocycles. The molecule has 0 N–H and O–H groups in total. The van der Waals surface area contributed by atoms with Crippen LogP contribution in [0.1, 0.15) is 44.7 Å². The maximum Gasteiger partial charge on any atom is 0.416 e. The lowest BCUT2D eigenvalue weighted by atomic mass is 10.0. The molecule has 1 heterocycles. The van der Waals surface area contributed by atoms with Gasteiger partial charge in [-0.15, -0.1) is 0 Å². The number of nitrogens with zero attached hydrogens (tertiary/aromatic N) is 1. The van der Waals surface area contributed by atoms with Gasteiger partial charge in [-0.1, -0.05) is 12.1 Å². The minimum absolute atomic E-state index is 0.0263. The van der Waals surface area contributed by atoms with Crippen molar-refractivity contribution in [1.29, 1.82) is 0 Å². The molecule has 1 amide bonds. The largest absolute Gasteiger partial charge is 0.444 e. The quantitative estimate of drug-likeness (QED) is 0.790. The summed E-state index contributed by atoms with van der Waals surface area (Å²) in [6.07, 6.45) is -2.43. The first-order chi connectivity index (χ1) is 10.6. The van der Waals surface area contributed by atoms with Crippen molar-refractivity contribution in [2.45, 2.75) is 57.9 Å². The molecule has 0 aromatic heterocycles. The first-order valence-corrected chi connectivity index (χ1v) is 7.72. The fraction of sp³-hybridized carbons (Fsp3) is 0.588. The zero-order valence-corrected chi connectivity index (χ0v) is 13.6. The first-order valence-electron chi connectivity index (χ1n) is 7.72. The van der Waals surface area contributed by atoms with Crippen molar-refractivity contribution >= 4 is 6.09 Å². The zero-order chi connectivity index (χ0) is 17.3. The van der Waals surface area contributed by atoms with Crippen LogP contribution in [-0.4, -0.2) is 29.2 Å². The van der Waals surface area contributed by atoms with Crippen LogP contribution in [0.5, 0.6) is 0 Å². The van der Waals surface area contributed by atoms with Gasteiger partial charge in [0.25, 0.3) is 0 Å². The second-order valence-electron chi connectivity index (χ2n) is 6.87. The summed E-state index contributed by atoms with van der Waals surface area (Å²) in [5, 5.41) is 0. The number of carbonyl (C=O) groups excluding carboxylic acids is 1. The smallest absolute Gasteiger partial charge is 0.416 e. The van der Waals surface area contributed by atoms with E-state index in [1.165, 1.54) is 12.1 Å². The zero-order valence-electron chi connectivity index (χ0n) is 13.6. The molecule has 0 aliphatic carbocycles. The van der Waals surface area contributed by atoms with E-state index in [-0.39, 0.29) is 12.1 Å². The van der Waals surface area contributed by atoms with Gasteiger partial charge < -0.3 is 9.64 Å². The van der Waals surface area contributed by atoms with E-state index < -0.39 is 17.3 Å². The maximum atomic E-state index is 12.6. The van der Waals surface area contributed by atoms with E-state index in [0.29, 0.717) is 13.0 Å². The first kappa shape index (κ1) is 17.6. The van der Waals surface area contributed by atoms with Crippen LogP contribution in [0.25, 0.3) is 0 Å². The molecule has 128 valence electrons. The number of hydrogen-bond donors (Lipinski definition) is 0. The minimum atomic E-state index is -4.32. The van der Waals surface area contributed by atoms with Crippen LogP contribution in [0, 0.1) is 0 Å². The Bertz CT molecular complexity index is 546. The molecule has 0 unspecified atom stereocenters. The lowest BCUT2D eigenvalue weighted by Gasteiger charge is -2.28. The average Bonchev–Trinajstić information content (AvgIpc) is 2.84. The Balaban J connectivity index is 2.02. The summed E-state index contributed by atoms with van der Waals surface area (Å²) in [5.74, 6) is 0. The lowest BCUT2D eigenvalue weighted by molar-refractivity contribution is -0.137. The maximum absolute atomic E-state index is 12.6. The van der Waals surface area contributed by atoms with Crippen LogP contribution in [-0.2, 0) is 17.3 Å². The molecule has 1 atom stereocenters. The van der Waals surface area contributed by atoms with Gasteiger partial charge in [0.05, 0.1) is 5.56 Å². The third-order valence-electron chi connectivity index (χ3n) is 3.76. The van der Waals surface area contributed by atoms with Gasteiger partial charge in [-0.25, -0.2) is 4.79 Å². The Morgan fingerprint density at radius 3 is 2.35 bits per heavy atom. The van der Waals surface area contributed by atoms with Gasteiger partial charge in [-0.3, -0.25) is 0 Å². The number of amides is 1. The number of halogens is 3. The van der Waals surface area contributed by atoms with Crippen molar-refractivity contribution in [3.8, 4) is 0 Å². The molecule has 1 aliphatic heterocycles. The number of rotatable bonds is 2. The number of likely N-dealkylation sites (tertiary alicyclic amines) is 1. The molecular weight excluding hydrogens is 307 g/mol. The highest BCUT2D eigenvalue weighted by Gasteiger charge is 2.33. The molecule has 0 bridgehead atoms. The highest BCUT2D eigenvalue weighted by molar-refractivity contribution is 5.69. The minimum Gasteiger partial charge on any atom is -0.444 e. The van der Waals surface area contributed by atoms with Gasteiger partial charge in [0.15, 0.2) is 0 Å². The van der Waals surface area contributed by atoms with E-state index in [9.17, 15) is 18.0 Å². The molecule has 0 radical (unpaired) electrons. The normalized spacial score (nSPS) is 19.0. The van der Waals surface area contributed by atoms with Gasteiger partial charge >= 0.3 is 12.3 Å². The third kappa shape index (κ3) is 4.88. The summed E-state index contributed by atoms with van der Waals surface area (Å²) in [6, 6.07) is 5.11. The number of alkyl halides is 3. The van der Waals surface area contributed by atoms with Crippen molar-refractivity contribution in [3.63, 3.8) is 0 Å². The van der Waals surface area contributed by atoms with Gasteiger partial charge in [0, 0.05) is 12.6 Å². The molecular formula is C17H22F3NO2. The Morgan fingerprint density at radius 2 is 1.83 bits per heavy atom. The summed E-state index contributed by atoms with van der Waals surface area (Å²) in [4.78, 5) is 13.9. The molecule has 1 saturated heterocycles. The van der Waals surface area contributed by atoms with Crippen LogP contribution in [0.3, 0.4) is 0 Å². The highest BCUT2D eigenvalue weighted by atomic mass is 19.4. The van der Waals surface area contributed by atoms with Crippen molar-refractivity contribution in [2.75, 3.05) is 6.54 Å². The monoisotopic (exact) mass is 329 g/mol. The fourth-order valence-corrected chi connectivity index (χ4v) is 2.71. The molecule has 1 fully saturated rings. The van der Waals surface area contributed by atoms with E-state index in [4.69, 9.17) is 4.74 Å². The van der Waals surface area contributed by atoms with Crippen LogP contribution in [0.15, 0.2) is 24.3 Å². The second-order valence-corrected chi connectivity index (χ2v) is 6.87. The standard InChI is InChI=1S/C17H22F3NO2/c1-16(2,3)23-15(22)21-10-4-5-14(21)11-12-6-8-13(9-7-12)17(18,19)20/h6-9,14H,4-5,10-11H2,1-3H3/t14-/m0/s1. The van der Waals surface area contributed by atoms with E-state index >= 15 is 0 Å². The van der Waals surface area contributed by atoms with Crippen LogP contribution in [0.2, 0.25) is 0 Å². The summed E-state index contributed by atoms with van der Waals surface area (Å²) >= 11 is 0. The van der Waals surface area contributed by atoms with E-state index in [1.54, 1.807) is 4.90 Å². The predicted molar refractivity (Wildman–Crippen MR) is 81.1 cm³/mol. The highest BCUT2D eigenvalue weighted by Crippen LogP contribution is 2.30. The van der Waals surface area contributed by atoms with Crippen LogP contribution in [0.4, 0.5) is 18.0 Å². The second kappa shape index (κ2) is 6.42.